The predicted molar refractivity (Wildman–Crippen MR) is 107 cm³/mol. The average molecular weight is 399 g/mol. The third kappa shape index (κ3) is 3.33. The van der Waals surface area contributed by atoms with Crippen LogP contribution in [0.5, 0.6) is 0 Å². The minimum Gasteiger partial charge on any atom is -0.462 e. The molecule has 0 atom stereocenters. The zero-order chi connectivity index (χ0) is 20.4. The van der Waals surface area contributed by atoms with Gasteiger partial charge in [-0.05, 0) is 38.8 Å². The van der Waals surface area contributed by atoms with E-state index in [1.165, 1.54) is 11.3 Å². The van der Waals surface area contributed by atoms with Crippen molar-refractivity contribution in [2.45, 2.75) is 27.7 Å². The fourth-order valence-corrected chi connectivity index (χ4v) is 4.25. The molecule has 0 saturated heterocycles. The van der Waals surface area contributed by atoms with Crippen molar-refractivity contribution in [1.82, 2.24) is 4.98 Å². The van der Waals surface area contributed by atoms with Crippen LogP contribution in [0.25, 0.3) is 10.2 Å². The summed E-state index contributed by atoms with van der Waals surface area (Å²) >= 11 is 1.17. The molecule has 1 aromatic carbocycles. The standard InChI is InChI=1S/C21H21NO5S/c1-5-26-20(24)16-15(17(23)13-10-8-7-9-11(13)3)14-12(4)18(21(25)27-6-2)28-19(14)22-16/h7-10,22H,5-6H2,1-4H3. The maximum atomic E-state index is 13.4. The maximum Gasteiger partial charge on any atom is 0.355 e. The summed E-state index contributed by atoms with van der Waals surface area (Å²) < 4.78 is 10.2. The van der Waals surface area contributed by atoms with E-state index in [1.807, 2.05) is 19.1 Å². The molecule has 0 radical (unpaired) electrons. The summed E-state index contributed by atoms with van der Waals surface area (Å²) in [7, 11) is 0. The molecule has 7 heteroatoms. The Hall–Kier alpha value is -2.93. The molecule has 0 aliphatic rings. The van der Waals surface area contributed by atoms with E-state index in [1.54, 1.807) is 32.9 Å². The quantitative estimate of drug-likeness (QED) is 0.489. The van der Waals surface area contributed by atoms with Crippen LogP contribution in [0.2, 0.25) is 0 Å². The lowest BCUT2D eigenvalue weighted by Gasteiger charge is -2.07. The number of H-pyrrole nitrogens is 1. The first kappa shape index (κ1) is 19.8. The second-order valence-electron chi connectivity index (χ2n) is 6.22. The smallest absolute Gasteiger partial charge is 0.355 e. The summed E-state index contributed by atoms with van der Waals surface area (Å²) in [6, 6.07) is 7.18. The number of benzene rings is 1. The van der Waals surface area contributed by atoms with E-state index in [9.17, 15) is 14.4 Å². The molecule has 2 heterocycles. The normalized spacial score (nSPS) is 10.9. The van der Waals surface area contributed by atoms with Gasteiger partial charge >= 0.3 is 11.9 Å². The van der Waals surface area contributed by atoms with E-state index in [0.717, 1.165) is 5.56 Å². The first-order valence-electron chi connectivity index (χ1n) is 9.00. The number of nitrogens with one attached hydrogen (secondary N) is 1. The van der Waals surface area contributed by atoms with Crippen molar-refractivity contribution in [3.63, 3.8) is 0 Å². The van der Waals surface area contributed by atoms with Crippen LogP contribution in [0.3, 0.4) is 0 Å². The molecule has 0 aliphatic heterocycles. The summed E-state index contributed by atoms with van der Waals surface area (Å²) in [5, 5.41) is 0.560. The molecule has 0 amide bonds. The van der Waals surface area contributed by atoms with Crippen molar-refractivity contribution in [2.24, 2.45) is 0 Å². The Kier molecular flexibility index (Phi) is 5.65. The lowest BCUT2D eigenvalue weighted by atomic mass is 9.96. The molecule has 0 bridgehead atoms. The van der Waals surface area contributed by atoms with Gasteiger partial charge in [0.15, 0.2) is 5.78 Å². The van der Waals surface area contributed by atoms with Gasteiger partial charge in [0.2, 0.25) is 0 Å². The van der Waals surface area contributed by atoms with Gasteiger partial charge in [-0.3, -0.25) is 4.79 Å². The summed E-state index contributed by atoms with van der Waals surface area (Å²) in [6.07, 6.45) is 0. The summed E-state index contributed by atoms with van der Waals surface area (Å²) in [5.41, 5.74) is 2.25. The Labute approximate surface area is 166 Å². The second-order valence-corrected chi connectivity index (χ2v) is 7.24. The highest BCUT2D eigenvalue weighted by Gasteiger charge is 2.30. The van der Waals surface area contributed by atoms with Gasteiger partial charge in [-0.15, -0.1) is 11.3 Å². The van der Waals surface area contributed by atoms with Crippen molar-refractivity contribution >= 4 is 39.3 Å². The number of rotatable bonds is 6. The van der Waals surface area contributed by atoms with Gasteiger partial charge < -0.3 is 14.5 Å². The van der Waals surface area contributed by atoms with E-state index < -0.39 is 11.9 Å². The van der Waals surface area contributed by atoms with Crippen LogP contribution in [-0.4, -0.2) is 35.9 Å². The van der Waals surface area contributed by atoms with Gasteiger partial charge in [0, 0.05) is 10.9 Å². The van der Waals surface area contributed by atoms with Crippen molar-refractivity contribution in [3.8, 4) is 0 Å². The molecule has 6 nitrogen and oxygen atoms in total. The lowest BCUT2D eigenvalue weighted by Crippen LogP contribution is -2.13. The Balaban J connectivity index is 2.25. The highest BCUT2D eigenvalue weighted by atomic mass is 32.1. The zero-order valence-electron chi connectivity index (χ0n) is 16.2. The Morgan fingerprint density at radius 1 is 1.00 bits per heavy atom. The maximum absolute atomic E-state index is 13.4. The zero-order valence-corrected chi connectivity index (χ0v) is 17.0. The number of aromatic nitrogens is 1. The number of aryl methyl sites for hydroxylation is 2. The molecular weight excluding hydrogens is 378 g/mol. The van der Waals surface area contributed by atoms with Crippen LogP contribution in [0.15, 0.2) is 24.3 Å². The molecule has 0 unspecified atom stereocenters. The molecular formula is C21H21NO5S. The Bertz CT molecular complexity index is 1080. The summed E-state index contributed by atoms with van der Waals surface area (Å²) in [5.74, 6) is -1.33. The van der Waals surface area contributed by atoms with Crippen LogP contribution in [0.1, 0.15) is 61.1 Å². The summed E-state index contributed by atoms with van der Waals surface area (Å²) in [6.45, 7) is 7.48. The number of hydrogen-bond donors (Lipinski definition) is 1. The third-order valence-corrected chi connectivity index (χ3v) is 5.63. The number of carbonyl (C=O) groups excluding carboxylic acids is 3. The van der Waals surface area contributed by atoms with Crippen molar-refractivity contribution in [1.29, 1.82) is 0 Å². The lowest BCUT2D eigenvalue weighted by molar-refractivity contribution is 0.0514. The molecule has 1 N–H and O–H groups in total. The van der Waals surface area contributed by atoms with Crippen LogP contribution in [0, 0.1) is 13.8 Å². The van der Waals surface area contributed by atoms with Crippen LogP contribution in [0.4, 0.5) is 0 Å². The minimum atomic E-state index is -0.597. The van der Waals surface area contributed by atoms with Crippen molar-refractivity contribution < 1.29 is 23.9 Å². The molecule has 0 saturated carbocycles. The second kappa shape index (κ2) is 7.98. The first-order chi connectivity index (χ1) is 13.4. The van der Waals surface area contributed by atoms with E-state index >= 15 is 0 Å². The molecule has 3 aromatic rings. The largest absolute Gasteiger partial charge is 0.462 e. The fraction of sp³-hybridized carbons (Fsp3) is 0.286. The number of ketones is 1. The monoisotopic (exact) mass is 399 g/mol. The van der Waals surface area contributed by atoms with Crippen LogP contribution < -0.4 is 0 Å². The van der Waals surface area contributed by atoms with Gasteiger partial charge in [0.05, 0.1) is 18.8 Å². The number of aromatic amines is 1. The molecule has 0 spiro atoms. The SMILES string of the molecule is CCOC(=O)c1[nH]c2sc(C(=O)OCC)c(C)c2c1C(=O)c1ccccc1C. The topological polar surface area (TPSA) is 85.5 Å². The van der Waals surface area contributed by atoms with Gasteiger partial charge in [-0.1, -0.05) is 24.3 Å². The number of fused-ring (bicyclic) bond motifs is 1. The minimum absolute atomic E-state index is 0.106. The molecule has 146 valence electrons. The number of ether oxygens (including phenoxy) is 2. The van der Waals surface area contributed by atoms with E-state index in [2.05, 4.69) is 4.98 Å². The van der Waals surface area contributed by atoms with Crippen molar-refractivity contribution in [2.75, 3.05) is 13.2 Å². The first-order valence-corrected chi connectivity index (χ1v) is 9.81. The van der Waals surface area contributed by atoms with Gasteiger partial charge in [0.1, 0.15) is 15.4 Å². The number of esters is 2. The molecule has 0 fully saturated rings. The van der Waals surface area contributed by atoms with E-state index in [4.69, 9.17) is 9.47 Å². The summed E-state index contributed by atoms with van der Waals surface area (Å²) in [4.78, 5) is 42.1. The predicted octanol–water partition coefficient (Wildman–Crippen LogP) is 4.43. The molecule has 28 heavy (non-hydrogen) atoms. The van der Waals surface area contributed by atoms with Gasteiger partial charge in [-0.25, -0.2) is 9.59 Å². The highest BCUT2D eigenvalue weighted by Crippen LogP contribution is 2.37. The van der Waals surface area contributed by atoms with E-state index in [-0.39, 0.29) is 30.3 Å². The Morgan fingerprint density at radius 3 is 2.29 bits per heavy atom. The van der Waals surface area contributed by atoms with Crippen molar-refractivity contribution in [3.05, 3.63) is 57.1 Å². The Morgan fingerprint density at radius 2 is 1.64 bits per heavy atom. The van der Waals surface area contributed by atoms with Crippen LogP contribution >= 0.6 is 11.3 Å². The third-order valence-electron chi connectivity index (χ3n) is 4.44. The number of thiophene rings is 1. The number of hydrogen-bond acceptors (Lipinski definition) is 6. The molecule has 0 aliphatic carbocycles. The van der Waals surface area contributed by atoms with Gasteiger partial charge in [-0.2, -0.15) is 0 Å². The van der Waals surface area contributed by atoms with Gasteiger partial charge in [0.25, 0.3) is 0 Å². The molecule has 2 aromatic heterocycles. The fourth-order valence-electron chi connectivity index (χ4n) is 3.14. The number of carbonyl (C=O) groups is 3. The highest BCUT2D eigenvalue weighted by molar-refractivity contribution is 7.20. The average Bonchev–Trinajstić information content (AvgIpc) is 3.19. The van der Waals surface area contributed by atoms with Crippen LogP contribution in [-0.2, 0) is 9.47 Å². The van der Waals surface area contributed by atoms with E-state index in [0.29, 0.717) is 26.2 Å². The molecule has 3 rings (SSSR count).